The maximum absolute atomic E-state index is 8.33. The molecule has 0 bridgehead atoms. The molecule has 0 rings (SSSR count). The van der Waals surface area contributed by atoms with Gasteiger partial charge in [0, 0.05) is 0 Å². The standard InChI is InChI=1S/3CH2O3.6Na/c3*2-1(3)4;;;;;;/h3*(H2,2,3,4);;;;;;/q;;;6*+1/p-6. The van der Waals surface area contributed by atoms with Gasteiger partial charge in [0.15, 0.2) is 0 Å². The van der Waals surface area contributed by atoms with Gasteiger partial charge in [0.05, 0.1) is 0 Å². The molecular formula is C3Na6O9. The van der Waals surface area contributed by atoms with Gasteiger partial charge in [-0.15, -0.1) is 0 Å². The Hall–Kier alpha value is 3.81. The van der Waals surface area contributed by atoms with E-state index in [2.05, 4.69) is 0 Å². The van der Waals surface area contributed by atoms with Crippen molar-refractivity contribution in [1.29, 1.82) is 0 Å². The van der Waals surface area contributed by atoms with Crippen LogP contribution < -0.4 is 208 Å². The van der Waals surface area contributed by atoms with Crippen molar-refractivity contribution < 1.29 is 222 Å². The van der Waals surface area contributed by atoms with Gasteiger partial charge in [-0.2, -0.15) is 0 Å². The van der Waals surface area contributed by atoms with Gasteiger partial charge in [0.2, 0.25) is 0 Å². The largest absolute Gasteiger partial charge is 1.00 e. The van der Waals surface area contributed by atoms with Gasteiger partial charge in [-0.25, -0.2) is 0 Å². The van der Waals surface area contributed by atoms with Crippen LogP contribution in [0, 0.1) is 0 Å². The van der Waals surface area contributed by atoms with Crippen LogP contribution in [0.2, 0.25) is 0 Å². The molecule has 0 aliphatic heterocycles. The van der Waals surface area contributed by atoms with Gasteiger partial charge in [-0.3, -0.25) is 0 Å². The summed E-state index contributed by atoms with van der Waals surface area (Å²) < 4.78 is 0. The minimum atomic E-state index is -2.33. The summed E-state index contributed by atoms with van der Waals surface area (Å²) in [4.78, 5) is 25.0. The summed E-state index contributed by atoms with van der Waals surface area (Å²) in [6.45, 7) is 0. The molecule has 0 saturated heterocycles. The third-order valence-corrected chi connectivity index (χ3v) is 0. The van der Waals surface area contributed by atoms with Crippen molar-refractivity contribution >= 4 is 18.5 Å². The van der Waals surface area contributed by atoms with Gasteiger partial charge in [0.25, 0.3) is 0 Å². The molecule has 0 fully saturated rings. The van der Waals surface area contributed by atoms with E-state index in [0.29, 0.717) is 0 Å². The van der Waals surface area contributed by atoms with Crippen LogP contribution in [0.4, 0.5) is 14.4 Å². The Kier molecular flexibility index (Phi) is 159. The zero-order valence-corrected chi connectivity index (χ0v) is 23.2. The molecule has 0 aliphatic rings. The van der Waals surface area contributed by atoms with E-state index >= 15 is 0 Å². The van der Waals surface area contributed by atoms with Crippen LogP contribution in [-0.2, 0) is 0 Å². The molecule has 18 heavy (non-hydrogen) atoms. The second-order valence-electron chi connectivity index (χ2n) is 0.750. The van der Waals surface area contributed by atoms with Crippen molar-refractivity contribution in [2.75, 3.05) is 0 Å². The number of hydrogen-bond acceptors (Lipinski definition) is 9. The second-order valence-corrected chi connectivity index (χ2v) is 0.750. The maximum Gasteiger partial charge on any atom is 1.00 e. The van der Waals surface area contributed by atoms with Crippen LogP contribution in [-0.4, -0.2) is 18.5 Å². The molecule has 9 nitrogen and oxygen atoms in total. The minimum absolute atomic E-state index is 0. The van der Waals surface area contributed by atoms with E-state index in [4.69, 9.17) is 45.0 Å². The maximum atomic E-state index is 8.33. The van der Waals surface area contributed by atoms with Crippen molar-refractivity contribution in [1.82, 2.24) is 0 Å². The SMILES string of the molecule is O=C([O-])[O-].O=C([O-])[O-].O=C([O-])[O-].[Na+].[Na+].[Na+].[Na+].[Na+].[Na+]. The normalized spacial score (nSPS) is 4.00. The predicted octanol–water partition coefficient (Wildman–Crippen LogP) is -25.3. The molecule has 72 valence electrons. The summed E-state index contributed by atoms with van der Waals surface area (Å²) in [6, 6.07) is 0. The van der Waals surface area contributed by atoms with Gasteiger partial charge in [-0.05, 0) is 18.5 Å². The Morgan fingerprint density at radius 2 is 0.389 bits per heavy atom. The molecule has 0 aliphatic carbocycles. The van der Waals surface area contributed by atoms with Crippen LogP contribution in [0.1, 0.15) is 0 Å². The zero-order chi connectivity index (χ0) is 10.7. The molecule has 0 unspecified atom stereocenters. The van der Waals surface area contributed by atoms with Crippen molar-refractivity contribution in [2.45, 2.75) is 0 Å². The molecule has 0 amide bonds. The summed E-state index contributed by atoms with van der Waals surface area (Å²) in [7, 11) is 0. The van der Waals surface area contributed by atoms with Crippen molar-refractivity contribution in [3.8, 4) is 0 Å². The average Bonchev–Trinajstić information content (AvgIpc) is 1.54. The summed E-state index contributed by atoms with van der Waals surface area (Å²) in [5.41, 5.74) is 0. The molecule has 0 aromatic rings. The molecule has 0 radical (unpaired) electrons. The van der Waals surface area contributed by atoms with E-state index in [-0.39, 0.29) is 177 Å². The number of hydrogen-bond donors (Lipinski definition) is 0. The van der Waals surface area contributed by atoms with Crippen LogP contribution in [0.25, 0.3) is 0 Å². The fourth-order valence-electron chi connectivity index (χ4n) is 0. The van der Waals surface area contributed by atoms with E-state index in [1.807, 2.05) is 0 Å². The number of carbonyl (C=O) groups excluding carboxylic acids is 3. The van der Waals surface area contributed by atoms with Crippen LogP contribution in [0.5, 0.6) is 0 Å². The van der Waals surface area contributed by atoms with Gasteiger partial charge in [-0.1, -0.05) is 0 Å². The summed E-state index contributed by atoms with van der Waals surface area (Å²) in [6.07, 6.45) is -7.00. The first kappa shape index (κ1) is 57.6. The zero-order valence-electron chi connectivity index (χ0n) is 11.2. The van der Waals surface area contributed by atoms with Crippen LogP contribution in [0.3, 0.4) is 0 Å². The average molecular weight is 318 g/mol. The molecule has 0 saturated carbocycles. The third-order valence-electron chi connectivity index (χ3n) is 0. The minimum Gasteiger partial charge on any atom is -0.652 e. The molecule has 0 spiro atoms. The smallest absolute Gasteiger partial charge is 0.652 e. The molecule has 0 aromatic carbocycles. The number of rotatable bonds is 0. The van der Waals surface area contributed by atoms with Gasteiger partial charge in [0.1, 0.15) is 0 Å². The van der Waals surface area contributed by atoms with E-state index in [0.717, 1.165) is 0 Å². The van der Waals surface area contributed by atoms with E-state index in [1.54, 1.807) is 0 Å². The predicted molar refractivity (Wildman–Crippen MR) is 16.2 cm³/mol. The number of carboxylic acid groups (broad SMARTS) is 6. The first-order chi connectivity index (χ1) is 5.20. The topological polar surface area (TPSA) is 190 Å². The quantitative estimate of drug-likeness (QED) is 0.390. The Morgan fingerprint density at radius 1 is 0.389 bits per heavy atom. The Morgan fingerprint density at radius 3 is 0.389 bits per heavy atom. The molecule has 15 heteroatoms. The van der Waals surface area contributed by atoms with Crippen LogP contribution >= 0.6 is 0 Å². The van der Waals surface area contributed by atoms with Crippen molar-refractivity contribution in [3.05, 3.63) is 0 Å². The van der Waals surface area contributed by atoms with E-state index in [9.17, 15) is 0 Å². The van der Waals surface area contributed by atoms with E-state index in [1.165, 1.54) is 0 Å². The first-order valence-corrected chi connectivity index (χ1v) is 1.84. The fourth-order valence-corrected chi connectivity index (χ4v) is 0. The van der Waals surface area contributed by atoms with Gasteiger partial charge < -0.3 is 45.0 Å². The molecule has 0 heterocycles. The Labute approximate surface area is 235 Å². The first-order valence-electron chi connectivity index (χ1n) is 1.84. The summed E-state index contributed by atoms with van der Waals surface area (Å²) in [5.74, 6) is 0. The molecular weight excluding hydrogens is 318 g/mol. The molecule has 0 atom stereocenters. The molecule has 0 N–H and O–H groups in total. The fraction of sp³-hybridized carbons (Fsp3) is 0. The third kappa shape index (κ3) is 483. The molecule has 0 aromatic heterocycles. The van der Waals surface area contributed by atoms with Crippen molar-refractivity contribution in [2.24, 2.45) is 0 Å². The second kappa shape index (κ2) is 49.8. The van der Waals surface area contributed by atoms with Crippen molar-refractivity contribution in [3.63, 3.8) is 0 Å². The Bertz CT molecular complexity index is 124. The van der Waals surface area contributed by atoms with Gasteiger partial charge >= 0.3 is 177 Å². The van der Waals surface area contributed by atoms with E-state index < -0.39 is 18.5 Å². The monoisotopic (exact) mass is 318 g/mol. The number of carbonyl (C=O) groups is 3. The summed E-state index contributed by atoms with van der Waals surface area (Å²) in [5, 5.41) is 50.0. The summed E-state index contributed by atoms with van der Waals surface area (Å²) >= 11 is 0. The van der Waals surface area contributed by atoms with Crippen LogP contribution in [0.15, 0.2) is 0 Å². The Balaban J connectivity index is -0.00000000827.